The summed E-state index contributed by atoms with van der Waals surface area (Å²) in [5.41, 5.74) is 0.414. The molecule has 94 valence electrons. The lowest BCUT2D eigenvalue weighted by molar-refractivity contribution is 0.198. The van der Waals surface area contributed by atoms with E-state index in [1.165, 1.54) is 12.8 Å². The third-order valence-electron chi connectivity index (χ3n) is 3.66. The standard InChI is InChI=1S/C13H20ClN3/c1-13(2,3)10-6-8-17(9-7-10)12-5-4-11(14)15-16-12/h4-5,10H,6-9H2,1-3H3. The average molecular weight is 254 g/mol. The smallest absolute Gasteiger partial charge is 0.151 e. The molecule has 0 saturated carbocycles. The van der Waals surface area contributed by atoms with Crippen LogP contribution in [0.1, 0.15) is 33.6 Å². The molecule has 0 spiro atoms. The number of halogens is 1. The summed E-state index contributed by atoms with van der Waals surface area (Å²) in [7, 11) is 0. The Morgan fingerprint density at radius 2 is 1.82 bits per heavy atom. The van der Waals surface area contributed by atoms with Crippen LogP contribution in [0, 0.1) is 11.3 Å². The molecule has 1 aromatic rings. The number of hydrogen-bond donors (Lipinski definition) is 0. The van der Waals surface area contributed by atoms with Gasteiger partial charge in [0.05, 0.1) is 0 Å². The molecule has 0 unspecified atom stereocenters. The van der Waals surface area contributed by atoms with E-state index in [1.54, 1.807) is 6.07 Å². The van der Waals surface area contributed by atoms with E-state index >= 15 is 0 Å². The summed E-state index contributed by atoms with van der Waals surface area (Å²) < 4.78 is 0. The molecule has 0 atom stereocenters. The molecule has 0 radical (unpaired) electrons. The molecule has 0 N–H and O–H groups in total. The molecule has 0 aromatic carbocycles. The van der Waals surface area contributed by atoms with Crippen LogP contribution in [0.5, 0.6) is 0 Å². The summed E-state index contributed by atoms with van der Waals surface area (Å²) in [6.45, 7) is 9.12. The highest BCUT2D eigenvalue weighted by Crippen LogP contribution is 2.35. The number of nitrogens with zero attached hydrogens (tertiary/aromatic N) is 3. The first-order valence-corrected chi connectivity index (χ1v) is 6.59. The maximum absolute atomic E-state index is 5.74. The lowest BCUT2D eigenvalue weighted by atomic mass is 9.75. The van der Waals surface area contributed by atoms with Crippen molar-refractivity contribution in [2.24, 2.45) is 11.3 Å². The normalized spacial score (nSPS) is 18.5. The minimum absolute atomic E-state index is 0.414. The Bertz CT molecular complexity index is 361. The number of piperidine rings is 1. The van der Waals surface area contributed by atoms with Gasteiger partial charge in [-0.2, -0.15) is 0 Å². The number of anilines is 1. The topological polar surface area (TPSA) is 29.0 Å². The Morgan fingerprint density at radius 1 is 1.18 bits per heavy atom. The Hall–Kier alpha value is -0.830. The molecule has 0 aliphatic carbocycles. The van der Waals surface area contributed by atoms with Crippen LogP contribution in [0.2, 0.25) is 5.15 Å². The fourth-order valence-electron chi connectivity index (χ4n) is 2.45. The van der Waals surface area contributed by atoms with E-state index in [1.807, 2.05) is 6.07 Å². The Kier molecular flexibility index (Phi) is 3.57. The monoisotopic (exact) mass is 253 g/mol. The fourth-order valence-corrected chi connectivity index (χ4v) is 2.55. The van der Waals surface area contributed by atoms with E-state index in [9.17, 15) is 0 Å². The molecular weight excluding hydrogens is 234 g/mol. The van der Waals surface area contributed by atoms with Crippen molar-refractivity contribution in [2.75, 3.05) is 18.0 Å². The summed E-state index contributed by atoms with van der Waals surface area (Å²) in [6.07, 6.45) is 2.46. The molecule has 2 heterocycles. The first-order chi connectivity index (χ1) is 7.97. The maximum atomic E-state index is 5.74. The molecule has 0 amide bonds. The van der Waals surface area contributed by atoms with Gasteiger partial charge in [-0.1, -0.05) is 32.4 Å². The SMILES string of the molecule is CC(C)(C)C1CCN(c2ccc(Cl)nn2)CC1. The summed E-state index contributed by atoms with van der Waals surface area (Å²) in [6, 6.07) is 3.76. The molecule has 1 aliphatic rings. The van der Waals surface area contributed by atoms with Crippen LogP contribution in [0.25, 0.3) is 0 Å². The Labute approximate surface area is 108 Å². The molecule has 2 rings (SSSR count). The van der Waals surface area contributed by atoms with Crippen LogP contribution in [-0.4, -0.2) is 23.3 Å². The van der Waals surface area contributed by atoms with E-state index < -0.39 is 0 Å². The predicted molar refractivity (Wildman–Crippen MR) is 71.4 cm³/mol. The van der Waals surface area contributed by atoms with Crippen molar-refractivity contribution < 1.29 is 0 Å². The molecule has 1 aromatic heterocycles. The molecule has 17 heavy (non-hydrogen) atoms. The highest BCUT2D eigenvalue weighted by molar-refractivity contribution is 6.29. The van der Waals surface area contributed by atoms with Gasteiger partial charge in [0, 0.05) is 13.1 Å². The van der Waals surface area contributed by atoms with Crippen LogP contribution < -0.4 is 4.90 Å². The van der Waals surface area contributed by atoms with Crippen molar-refractivity contribution in [2.45, 2.75) is 33.6 Å². The minimum atomic E-state index is 0.414. The summed E-state index contributed by atoms with van der Waals surface area (Å²) in [5.74, 6) is 1.75. The average Bonchev–Trinajstić information content (AvgIpc) is 2.29. The van der Waals surface area contributed by atoms with E-state index in [-0.39, 0.29) is 0 Å². The highest BCUT2D eigenvalue weighted by Gasteiger charge is 2.29. The minimum Gasteiger partial charge on any atom is -0.355 e. The van der Waals surface area contributed by atoms with Gasteiger partial charge in [-0.25, -0.2) is 0 Å². The third kappa shape index (κ3) is 3.09. The van der Waals surface area contributed by atoms with Crippen molar-refractivity contribution in [3.05, 3.63) is 17.3 Å². The van der Waals surface area contributed by atoms with Crippen molar-refractivity contribution in [3.63, 3.8) is 0 Å². The summed E-state index contributed by atoms with van der Waals surface area (Å²) in [5, 5.41) is 8.49. The number of hydrogen-bond acceptors (Lipinski definition) is 3. The van der Waals surface area contributed by atoms with Crippen LogP contribution >= 0.6 is 11.6 Å². The molecule has 1 fully saturated rings. The molecule has 1 saturated heterocycles. The van der Waals surface area contributed by atoms with E-state index in [0.717, 1.165) is 24.8 Å². The molecule has 4 heteroatoms. The predicted octanol–water partition coefficient (Wildman–Crippen LogP) is 3.39. The zero-order chi connectivity index (χ0) is 12.5. The van der Waals surface area contributed by atoms with Crippen LogP contribution in [0.15, 0.2) is 12.1 Å². The molecular formula is C13H20ClN3. The fraction of sp³-hybridized carbons (Fsp3) is 0.692. The van der Waals surface area contributed by atoms with Crippen molar-refractivity contribution in [1.29, 1.82) is 0 Å². The summed E-state index contributed by atoms with van der Waals surface area (Å²) >= 11 is 5.74. The van der Waals surface area contributed by atoms with Gasteiger partial charge >= 0.3 is 0 Å². The lowest BCUT2D eigenvalue weighted by Gasteiger charge is -2.39. The zero-order valence-electron chi connectivity index (χ0n) is 10.8. The first kappa shape index (κ1) is 12.6. The van der Waals surface area contributed by atoms with Crippen molar-refractivity contribution in [3.8, 4) is 0 Å². The van der Waals surface area contributed by atoms with Crippen LogP contribution in [0.4, 0.5) is 5.82 Å². The van der Waals surface area contributed by atoms with Gasteiger partial charge in [0.2, 0.25) is 0 Å². The molecule has 3 nitrogen and oxygen atoms in total. The second-order valence-electron chi connectivity index (χ2n) is 5.84. The van der Waals surface area contributed by atoms with E-state index in [4.69, 9.17) is 11.6 Å². The highest BCUT2D eigenvalue weighted by atomic mass is 35.5. The Balaban J connectivity index is 1.97. The zero-order valence-corrected chi connectivity index (χ0v) is 11.5. The second kappa shape index (κ2) is 4.81. The van der Waals surface area contributed by atoms with Crippen molar-refractivity contribution in [1.82, 2.24) is 10.2 Å². The van der Waals surface area contributed by atoms with Gasteiger partial charge in [-0.3, -0.25) is 0 Å². The number of rotatable bonds is 1. The van der Waals surface area contributed by atoms with E-state index in [0.29, 0.717) is 10.6 Å². The van der Waals surface area contributed by atoms with Gasteiger partial charge in [0.25, 0.3) is 0 Å². The van der Waals surface area contributed by atoms with Gasteiger partial charge in [-0.05, 0) is 36.3 Å². The second-order valence-corrected chi connectivity index (χ2v) is 6.23. The van der Waals surface area contributed by atoms with Gasteiger partial charge in [0.1, 0.15) is 0 Å². The lowest BCUT2D eigenvalue weighted by Crippen LogP contribution is -2.38. The largest absolute Gasteiger partial charge is 0.355 e. The maximum Gasteiger partial charge on any atom is 0.151 e. The number of aromatic nitrogens is 2. The summed E-state index contributed by atoms with van der Waals surface area (Å²) in [4.78, 5) is 2.30. The van der Waals surface area contributed by atoms with Crippen LogP contribution in [-0.2, 0) is 0 Å². The third-order valence-corrected chi connectivity index (χ3v) is 3.86. The first-order valence-electron chi connectivity index (χ1n) is 6.21. The van der Waals surface area contributed by atoms with Gasteiger partial charge in [-0.15, -0.1) is 10.2 Å². The van der Waals surface area contributed by atoms with E-state index in [2.05, 4.69) is 35.9 Å². The van der Waals surface area contributed by atoms with Gasteiger partial charge in [0.15, 0.2) is 11.0 Å². The molecule has 1 aliphatic heterocycles. The van der Waals surface area contributed by atoms with Gasteiger partial charge < -0.3 is 4.90 Å². The Morgan fingerprint density at radius 3 is 2.29 bits per heavy atom. The van der Waals surface area contributed by atoms with Crippen LogP contribution in [0.3, 0.4) is 0 Å². The molecule has 0 bridgehead atoms. The quantitative estimate of drug-likeness (QED) is 0.768. The van der Waals surface area contributed by atoms with Crippen molar-refractivity contribution >= 4 is 17.4 Å².